The number of ether oxygens (including phenoxy) is 1. The van der Waals surface area contributed by atoms with Gasteiger partial charge >= 0.3 is 0 Å². The van der Waals surface area contributed by atoms with Crippen molar-refractivity contribution in [2.24, 2.45) is 5.92 Å². The molecule has 1 aromatic heterocycles. The molecule has 1 aromatic rings. The van der Waals surface area contributed by atoms with Gasteiger partial charge in [-0.2, -0.15) is 0 Å². The van der Waals surface area contributed by atoms with Crippen LogP contribution >= 0.6 is 11.3 Å². The van der Waals surface area contributed by atoms with Gasteiger partial charge in [0.05, 0.1) is 4.90 Å². The van der Waals surface area contributed by atoms with Gasteiger partial charge in [0.15, 0.2) is 0 Å². The molecule has 1 saturated heterocycles. The van der Waals surface area contributed by atoms with Gasteiger partial charge in [-0.25, -0.2) is 13.1 Å². The van der Waals surface area contributed by atoms with Gasteiger partial charge in [0.2, 0.25) is 10.0 Å². The Hall–Kier alpha value is -0.430. The molecule has 0 spiro atoms. The van der Waals surface area contributed by atoms with E-state index in [1.165, 1.54) is 11.3 Å². The van der Waals surface area contributed by atoms with Crippen LogP contribution in [0.1, 0.15) is 29.0 Å². The number of hydrogen-bond donors (Lipinski definition) is 1. The van der Waals surface area contributed by atoms with Gasteiger partial charge in [-0.1, -0.05) is 0 Å². The summed E-state index contributed by atoms with van der Waals surface area (Å²) in [7, 11) is -3.35. The maximum atomic E-state index is 12.2. The first kappa shape index (κ1) is 15.0. The quantitative estimate of drug-likeness (QED) is 0.909. The molecule has 1 unspecified atom stereocenters. The lowest BCUT2D eigenvalue weighted by Gasteiger charge is -2.21. The van der Waals surface area contributed by atoms with Gasteiger partial charge in [0.1, 0.15) is 0 Å². The lowest BCUT2D eigenvalue weighted by molar-refractivity contribution is 0.0523. The van der Waals surface area contributed by atoms with Crippen LogP contribution in [0.2, 0.25) is 0 Å². The van der Waals surface area contributed by atoms with E-state index in [0.29, 0.717) is 17.4 Å². The Morgan fingerprint density at radius 3 is 2.84 bits per heavy atom. The molecule has 108 valence electrons. The summed E-state index contributed by atoms with van der Waals surface area (Å²) in [5.41, 5.74) is 0. The van der Waals surface area contributed by atoms with E-state index in [9.17, 15) is 8.42 Å². The summed E-state index contributed by atoms with van der Waals surface area (Å²) in [5, 5.41) is 0. The van der Waals surface area contributed by atoms with Crippen molar-refractivity contribution in [1.29, 1.82) is 0 Å². The first-order valence-electron chi connectivity index (χ1n) is 6.63. The van der Waals surface area contributed by atoms with Gasteiger partial charge in [-0.3, -0.25) is 0 Å². The standard InChI is InChI=1S/C13H21NO3S2/c1-10-8-13(11(2)18-10)19(15,16)14-6-5-12-4-3-7-17-9-12/h8,12,14H,3-7,9H2,1-2H3. The third kappa shape index (κ3) is 4.02. The van der Waals surface area contributed by atoms with Crippen molar-refractivity contribution >= 4 is 21.4 Å². The van der Waals surface area contributed by atoms with Crippen LogP contribution in [0, 0.1) is 19.8 Å². The van der Waals surface area contributed by atoms with Crippen molar-refractivity contribution in [1.82, 2.24) is 4.72 Å². The largest absolute Gasteiger partial charge is 0.381 e. The molecule has 0 aromatic carbocycles. The molecule has 0 radical (unpaired) electrons. The van der Waals surface area contributed by atoms with Crippen LogP contribution in [0.3, 0.4) is 0 Å². The van der Waals surface area contributed by atoms with E-state index in [1.54, 1.807) is 6.07 Å². The van der Waals surface area contributed by atoms with Crippen LogP contribution in [0.5, 0.6) is 0 Å². The van der Waals surface area contributed by atoms with Gasteiger partial charge in [-0.15, -0.1) is 11.3 Å². The van der Waals surface area contributed by atoms with Crippen molar-refractivity contribution in [2.45, 2.75) is 38.0 Å². The maximum absolute atomic E-state index is 12.2. The van der Waals surface area contributed by atoms with E-state index in [0.717, 1.165) is 42.2 Å². The molecule has 2 rings (SSSR count). The first-order valence-corrected chi connectivity index (χ1v) is 8.93. The van der Waals surface area contributed by atoms with E-state index in [1.807, 2.05) is 13.8 Å². The van der Waals surface area contributed by atoms with Crippen molar-refractivity contribution in [3.63, 3.8) is 0 Å². The third-order valence-corrected chi connectivity index (χ3v) is 6.07. The van der Waals surface area contributed by atoms with Crippen molar-refractivity contribution in [3.8, 4) is 0 Å². The Kier molecular flexibility index (Phi) is 5.00. The zero-order valence-corrected chi connectivity index (χ0v) is 13.1. The van der Waals surface area contributed by atoms with Crippen LogP contribution in [0.25, 0.3) is 0 Å². The Morgan fingerprint density at radius 1 is 1.47 bits per heavy atom. The number of nitrogens with one attached hydrogen (secondary N) is 1. The molecule has 1 aliphatic heterocycles. The number of rotatable bonds is 5. The second-order valence-electron chi connectivity index (χ2n) is 5.05. The zero-order valence-electron chi connectivity index (χ0n) is 11.4. The average Bonchev–Trinajstić information content (AvgIpc) is 2.70. The molecule has 1 aliphatic rings. The molecular weight excluding hydrogens is 282 g/mol. The van der Waals surface area contributed by atoms with Crippen LogP contribution < -0.4 is 4.72 Å². The molecule has 19 heavy (non-hydrogen) atoms. The molecule has 6 heteroatoms. The van der Waals surface area contributed by atoms with Gasteiger partial charge in [-0.05, 0) is 45.1 Å². The fourth-order valence-corrected chi connectivity index (χ4v) is 4.98. The normalized spacial score (nSPS) is 20.6. The van der Waals surface area contributed by atoms with E-state index in [4.69, 9.17) is 4.74 Å². The summed E-state index contributed by atoms with van der Waals surface area (Å²) >= 11 is 1.52. The highest BCUT2D eigenvalue weighted by atomic mass is 32.2. The second kappa shape index (κ2) is 6.35. The van der Waals surface area contributed by atoms with Gasteiger partial charge < -0.3 is 4.74 Å². The number of thiophene rings is 1. The van der Waals surface area contributed by atoms with E-state index < -0.39 is 10.0 Å². The summed E-state index contributed by atoms with van der Waals surface area (Å²) in [4.78, 5) is 2.31. The molecule has 0 bridgehead atoms. The van der Waals surface area contributed by atoms with E-state index >= 15 is 0 Å². The topological polar surface area (TPSA) is 55.4 Å². The molecule has 0 amide bonds. The molecule has 0 saturated carbocycles. The summed E-state index contributed by atoms with van der Waals surface area (Å²) in [6.07, 6.45) is 3.07. The summed E-state index contributed by atoms with van der Waals surface area (Å²) < 4.78 is 32.4. The second-order valence-corrected chi connectivity index (χ2v) is 8.24. The summed E-state index contributed by atoms with van der Waals surface area (Å²) in [6.45, 7) is 5.87. The van der Waals surface area contributed by atoms with Crippen LogP contribution in [-0.2, 0) is 14.8 Å². The predicted molar refractivity (Wildman–Crippen MR) is 77.1 cm³/mol. The monoisotopic (exact) mass is 303 g/mol. The SMILES string of the molecule is Cc1cc(S(=O)(=O)NCCC2CCCOC2)c(C)s1. The van der Waals surface area contributed by atoms with Crippen LogP contribution in [-0.4, -0.2) is 28.2 Å². The average molecular weight is 303 g/mol. The smallest absolute Gasteiger partial charge is 0.241 e. The third-order valence-electron chi connectivity index (χ3n) is 3.38. The number of sulfonamides is 1. The molecule has 1 atom stereocenters. The lowest BCUT2D eigenvalue weighted by Crippen LogP contribution is -2.28. The molecule has 4 nitrogen and oxygen atoms in total. The maximum Gasteiger partial charge on any atom is 0.241 e. The minimum absolute atomic E-state index is 0.426. The number of aryl methyl sites for hydroxylation is 2. The summed E-state index contributed by atoms with van der Waals surface area (Å²) in [6, 6.07) is 1.74. The Bertz CT molecular complexity index is 516. The molecule has 1 N–H and O–H groups in total. The Morgan fingerprint density at radius 2 is 2.26 bits per heavy atom. The van der Waals surface area contributed by atoms with E-state index in [-0.39, 0.29) is 0 Å². The highest BCUT2D eigenvalue weighted by molar-refractivity contribution is 7.89. The predicted octanol–water partition coefficient (Wildman–Crippen LogP) is 2.46. The van der Waals surface area contributed by atoms with Crippen LogP contribution in [0.4, 0.5) is 0 Å². The molecule has 1 fully saturated rings. The van der Waals surface area contributed by atoms with Gasteiger partial charge in [0, 0.05) is 29.5 Å². The van der Waals surface area contributed by atoms with Gasteiger partial charge in [0.25, 0.3) is 0 Å². The minimum Gasteiger partial charge on any atom is -0.381 e. The summed E-state index contributed by atoms with van der Waals surface area (Å²) in [5.74, 6) is 0.488. The van der Waals surface area contributed by atoms with Crippen molar-refractivity contribution in [2.75, 3.05) is 19.8 Å². The lowest BCUT2D eigenvalue weighted by atomic mass is 9.99. The highest BCUT2D eigenvalue weighted by Crippen LogP contribution is 2.25. The Balaban J connectivity index is 1.89. The molecule has 0 aliphatic carbocycles. The van der Waals surface area contributed by atoms with Crippen LogP contribution in [0.15, 0.2) is 11.0 Å². The highest BCUT2D eigenvalue weighted by Gasteiger charge is 2.20. The fraction of sp³-hybridized carbons (Fsp3) is 0.692. The molecule has 2 heterocycles. The Labute approximate surface area is 119 Å². The van der Waals surface area contributed by atoms with Crippen molar-refractivity contribution in [3.05, 3.63) is 15.8 Å². The van der Waals surface area contributed by atoms with Crippen molar-refractivity contribution < 1.29 is 13.2 Å². The minimum atomic E-state index is -3.35. The zero-order chi connectivity index (χ0) is 13.9. The number of hydrogen-bond acceptors (Lipinski definition) is 4. The first-order chi connectivity index (χ1) is 8.99. The molecular formula is C13H21NO3S2. The fourth-order valence-electron chi connectivity index (χ4n) is 2.38. The van der Waals surface area contributed by atoms with E-state index in [2.05, 4.69) is 4.72 Å².